The maximum atomic E-state index is 3.71. The molecule has 1 saturated carbocycles. The highest BCUT2D eigenvalue weighted by atomic mass is 127. The number of nitrogens with one attached hydrogen (secondary N) is 1. The maximum absolute atomic E-state index is 3.71. The molecule has 2 rings (SSSR count). The minimum atomic E-state index is 0.488. The normalized spacial score (nSPS) is 26.0. The topological polar surface area (TPSA) is 12.0 Å². The maximum Gasteiger partial charge on any atom is 0.0357 e. The van der Waals surface area contributed by atoms with Crippen molar-refractivity contribution in [1.29, 1.82) is 0 Å². The van der Waals surface area contributed by atoms with Gasteiger partial charge in [-0.1, -0.05) is 35.7 Å². The van der Waals surface area contributed by atoms with Gasteiger partial charge in [0.15, 0.2) is 0 Å². The fraction of sp³-hybridized carbons (Fsp3) is 0.600. The van der Waals surface area contributed by atoms with E-state index in [0.717, 1.165) is 11.8 Å². The molecular weight excluding hydrogens is 401 g/mol. The lowest BCUT2D eigenvalue weighted by molar-refractivity contribution is 0.237. The predicted octanol–water partition coefficient (Wildman–Crippen LogP) is 5.14. The average Bonchev–Trinajstić information content (AvgIpc) is 2.37. The van der Waals surface area contributed by atoms with E-state index in [4.69, 9.17) is 0 Å². The first kappa shape index (κ1) is 14.8. The fourth-order valence-electron chi connectivity index (χ4n) is 3.02. The summed E-state index contributed by atoms with van der Waals surface area (Å²) in [5.41, 5.74) is 1.42. The second kappa shape index (κ2) is 6.71. The highest BCUT2D eigenvalue weighted by Crippen LogP contribution is 2.39. The number of rotatable bonds is 3. The molecule has 1 aliphatic carbocycles. The molecule has 1 unspecified atom stereocenters. The van der Waals surface area contributed by atoms with Crippen LogP contribution in [0.2, 0.25) is 0 Å². The minimum absolute atomic E-state index is 0.488. The first-order valence-electron chi connectivity index (χ1n) is 6.74. The van der Waals surface area contributed by atoms with Crippen molar-refractivity contribution in [2.24, 2.45) is 11.8 Å². The molecule has 0 radical (unpaired) electrons. The smallest absolute Gasteiger partial charge is 0.0357 e. The molecule has 0 saturated heterocycles. The fourth-order valence-corrected chi connectivity index (χ4v) is 4.03. The lowest BCUT2D eigenvalue weighted by Crippen LogP contribution is -2.28. The SMILES string of the molecule is CNC(c1cc(I)ccc1Br)C1CCC(C)CC1. The van der Waals surface area contributed by atoms with Crippen molar-refractivity contribution in [3.05, 3.63) is 31.8 Å². The second-order valence-corrected chi connectivity index (χ2v) is 7.55. The summed E-state index contributed by atoms with van der Waals surface area (Å²) in [6, 6.07) is 7.13. The molecule has 0 heterocycles. The first-order chi connectivity index (χ1) is 8.61. The largest absolute Gasteiger partial charge is 0.313 e. The quantitative estimate of drug-likeness (QED) is 0.666. The summed E-state index contributed by atoms with van der Waals surface area (Å²) in [6.07, 6.45) is 5.46. The summed E-state index contributed by atoms with van der Waals surface area (Å²) >= 11 is 6.10. The summed E-state index contributed by atoms with van der Waals surface area (Å²) in [4.78, 5) is 0. The Hall–Kier alpha value is 0.390. The molecule has 1 atom stereocenters. The van der Waals surface area contributed by atoms with Gasteiger partial charge in [0, 0.05) is 14.1 Å². The second-order valence-electron chi connectivity index (χ2n) is 5.45. The van der Waals surface area contributed by atoms with Crippen LogP contribution >= 0.6 is 38.5 Å². The van der Waals surface area contributed by atoms with Crippen LogP contribution in [0.4, 0.5) is 0 Å². The van der Waals surface area contributed by atoms with Crippen LogP contribution in [0.1, 0.15) is 44.2 Å². The molecule has 0 aliphatic heterocycles. The van der Waals surface area contributed by atoms with Crippen molar-refractivity contribution in [2.45, 2.75) is 38.6 Å². The van der Waals surface area contributed by atoms with E-state index in [1.54, 1.807) is 0 Å². The third kappa shape index (κ3) is 3.48. The third-order valence-corrected chi connectivity index (χ3v) is 5.53. The molecule has 0 spiro atoms. The number of hydrogen-bond acceptors (Lipinski definition) is 1. The summed E-state index contributed by atoms with van der Waals surface area (Å²) in [5, 5.41) is 3.54. The Morgan fingerprint density at radius 3 is 2.56 bits per heavy atom. The molecule has 0 amide bonds. The predicted molar refractivity (Wildman–Crippen MR) is 89.8 cm³/mol. The molecule has 1 nitrogen and oxygen atoms in total. The van der Waals surface area contributed by atoms with Gasteiger partial charge in [-0.15, -0.1) is 0 Å². The van der Waals surface area contributed by atoms with Crippen molar-refractivity contribution >= 4 is 38.5 Å². The van der Waals surface area contributed by atoms with Crippen LogP contribution in [0.15, 0.2) is 22.7 Å². The number of benzene rings is 1. The molecule has 0 aromatic heterocycles. The molecule has 1 aliphatic rings. The monoisotopic (exact) mass is 421 g/mol. The standard InChI is InChI=1S/C15H21BrIN/c1-10-3-5-11(6-4-10)15(18-2)13-9-12(17)7-8-14(13)16/h7-11,15,18H,3-6H2,1-2H3. The van der Waals surface area contributed by atoms with Crippen molar-refractivity contribution in [3.63, 3.8) is 0 Å². The highest BCUT2D eigenvalue weighted by Gasteiger charge is 2.27. The lowest BCUT2D eigenvalue weighted by atomic mass is 9.77. The van der Waals surface area contributed by atoms with Gasteiger partial charge in [0.25, 0.3) is 0 Å². The Kier molecular flexibility index (Phi) is 5.51. The molecular formula is C15H21BrIN. The molecule has 1 aromatic rings. The van der Waals surface area contributed by atoms with Crippen LogP contribution in [0.3, 0.4) is 0 Å². The Labute approximate surface area is 132 Å². The van der Waals surface area contributed by atoms with E-state index in [0.29, 0.717) is 6.04 Å². The molecule has 3 heteroatoms. The minimum Gasteiger partial charge on any atom is -0.313 e. The van der Waals surface area contributed by atoms with E-state index in [1.807, 2.05) is 0 Å². The van der Waals surface area contributed by atoms with Gasteiger partial charge in [0.1, 0.15) is 0 Å². The number of halogens is 2. The van der Waals surface area contributed by atoms with Crippen LogP contribution in [-0.4, -0.2) is 7.05 Å². The van der Waals surface area contributed by atoms with Gasteiger partial charge in [-0.25, -0.2) is 0 Å². The van der Waals surface area contributed by atoms with Crippen LogP contribution < -0.4 is 5.32 Å². The molecule has 100 valence electrons. The summed E-state index contributed by atoms with van der Waals surface area (Å²) in [7, 11) is 2.09. The van der Waals surface area contributed by atoms with E-state index in [1.165, 1.54) is 39.3 Å². The van der Waals surface area contributed by atoms with Gasteiger partial charge in [0.05, 0.1) is 0 Å². The molecule has 1 N–H and O–H groups in total. The van der Waals surface area contributed by atoms with Gasteiger partial charge in [-0.05, 0) is 78.1 Å². The van der Waals surface area contributed by atoms with Gasteiger partial charge >= 0.3 is 0 Å². The van der Waals surface area contributed by atoms with Gasteiger partial charge < -0.3 is 5.32 Å². The zero-order chi connectivity index (χ0) is 13.1. The summed E-state index contributed by atoms with van der Waals surface area (Å²) in [5.74, 6) is 1.69. The third-order valence-electron chi connectivity index (χ3n) is 4.14. The van der Waals surface area contributed by atoms with E-state index in [2.05, 4.69) is 76.0 Å². The van der Waals surface area contributed by atoms with E-state index >= 15 is 0 Å². The van der Waals surface area contributed by atoms with Crippen LogP contribution in [-0.2, 0) is 0 Å². The summed E-state index contributed by atoms with van der Waals surface area (Å²) < 4.78 is 2.55. The first-order valence-corrected chi connectivity index (χ1v) is 8.61. The molecule has 0 bridgehead atoms. The van der Waals surface area contributed by atoms with E-state index < -0.39 is 0 Å². The van der Waals surface area contributed by atoms with Crippen LogP contribution in [0.25, 0.3) is 0 Å². The zero-order valence-electron chi connectivity index (χ0n) is 11.0. The molecule has 18 heavy (non-hydrogen) atoms. The van der Waals surface area contributed by atoms with Crippen molar-refractivity contribution in [3.8, 4) is 0 Å². The van der Waals surface area contributed by atoms with E-state index in [-0.39, 0.29) is 0 Å². The Balaban J connectivity index is 2.19. The molecule has 1 fully saturated rings. The zero-order valence-corrected chi connectivity index (χ0v) is 14.8. The molecule has 1 aromatic carbocycles. The summed E-state index contributed by atoms with van der Waals surface area (Å²) in [6.45, 7) is 2.38. The highest BCUT2D eigenvalue weighted by molar-refractivity contribution is 14.1. The Bertz CT molecular complexity index is 399. The van der Waals surface area contributed by atoms with Crippen LogP contribution in [0.5, 0.6) is 0 Å². The average molecular weight is 422 g/mol. The van der Waals surface area contributed by atoms with Crippen molar-refractivity contribution in [1.82, 2.24) is 5.32 Å². The van der Waals surface area contributed by atoms with Crippen LogP contribution in [0, 0.1) is 15.4 Å². The van der Waals surface area contributed by atoms with Gasteiger partial charge in [0.2, 0.25) is 0 Å². The van der Waals surface area contributed by atoms with E-state index in [9.17, 15) is 0 Å². The Morgan fingerprint density at radius 2 is 1.94 bits per heavy atom. The van der Waals surface area contributed by atoms with Crippen molar-refractivity contribution < 1.29 is 0 Å². The Morgan fingerprint density at radius 1 is 1.28 bits per heavy atom. The lowest BCUT2D eigenvalue weighted by Gasteiger charge is -2.33. The number of hydrogen-bond donors (Lipinski definition) is 1. The van der Waals surface area contributed by atoms with Crippen molar-refractivity contribution in [2.75, 3.05) is 7.05 Å². The van der Waals surface area contributed by atoms with Gasteiger partial charge in [-0.3, -0.25) is 0 Å². The van der Waals surface area contributed by atoms with Gasteiger partial charge in [-0.2, -0.15) is 0 Å².